The molecule has 9 heteroatoms. The van der Waals surface area contributed by atoms with Gasteiger partial charge in [-0.2, -0.15) is 0 Å². The fourth-order valence-corrected chi connectivity index (χ4v) is 6.16. The van der Waals surface area contributed by atoms with Crippen LogP contribution in [0.5, 0.6) is 0 Å². The van der Waals surface area contributed by atoms with Crippen molar-refractivity contribution in [3.63, 3.8) is 0 Å². The Balaban J connectivity index is 2.33. The van der Waals surface area contributed by atoms with Crippen LogP contribution >= 0.6 is 0 Å². The maximum atomic E-state index is 12.8. The van der Waals surface area contributed by atoms with Gasteiger partial charge in [0.15, 0.2) is 6.29 Å². The van der Waals surface area contributed by atoms with E-state index in [4.69, 9.17) is 18.9 Å². The highest BCUT2D eigenvalue weighted by atomic mass is 16.7. The molecule has 0 aliphatic carbocycles. The quantitative estimate of drug-likeness (QED) is 0.0278. The first-order valence-electron chi connectivity index (χ1n) is 22.0. The molecule has 0 bridgehead atoms. The molecule has 1 rings (SSSR count). The minimum absolute atomic E-state index is 0.108. The highest BCUT2D eigenvalue weighted by Crippen LogP contribution is 2.22. The summed E-state index contributed by atoms with van der Waals surface area (Å²) < 4.78 is 22.7. The Labute approximate surface area is 340 Å². The molecule has 0 saturated carbocycles. The second-order valence-electron chi connectivity index (χ2n) is 14.8. The predicted octanol–water partition coefficient (Wildman–Crippen LogP) is 9.69. The summed E-state index contributed by atoms with van der Waals surface area (Å²) >= 11 is 0. The summed E-state index contributed by atoms with van der Waals surface area (Å²) in [6.45, 7) is 4.30. The third-order valence-electron chi connectivity index (χ3n) is 9.61. The first-order chi connectivity index (χ1) is 27.4. The molecule has 9 nitrogen and oxygen atoms in total. The molecule has 0 aromatic rings. The normalized spacial score (nSPS) is 21.3. The molecular formula is C47H80O9. The van der Waals surface area contributed by atoms with Crippen LogP contribution in [0.4, 0.5) is 0 Å². The van der Waals surface area contributed by atoms with Crippen LogP contribution in [0.2, 0.25) is 0 Å². The van der Waals surface area contributed by atoms with E-state index in [-0.39, 0.29) is 19.2 Å². The number of carbonyl (C=O) groups excluding carboxylic acids is 1. The number of esters is 1. The lowest BCUT2D eigenvalue weighted by Crippen LogP contribution is -2.59. The summed E-state index contributed by atoms with van der Waals surface area (Å²) in [7, 11) is 0. The lowest BCUT2D eigenvalue weighted by Gasteiger charge is -2.39. The summed E-state index contributed by atoms with van der Waals surface area (Å²) in [4.78, 5) is 12.8. The Morgan fingerprint density at radius 3 is 1.66 bits per heavy atom. The molecule has 0 amide bonds. The third kappa shape index (κ3) is 28.9. The second-order valence-corrected chi connectivity index (χ2v) is 14.8. The van der Waals surface area contributed by atoms with Gasteiger partial charge in [0.05, 0.1) is 19.8 Å². The lowest BCUT2D eigenvalue weighted by atomic mass is 9.99. The zero-order valence-corrected chi connectivity index (χ0v) is 35.1. The molecule has 0 radical (unpaired) electrons. The van der Waals surface area contributed by atoms with E-state index in [2.05, 4.69) is 86.8 Å². The van der Waals surface area contributed by atoms with E-state index < -0.39 is 43.4 Å². The number of aliphatic hydroxyl groups excluding tert-OH is 4. The van der Waals surface area contributed by atoms with Crippen molar-refractivity contribution in [1.29, 1.82) is 0 Å². The number of hydrogen-bond donors (Lipinski definition) is 4. The van der Waals surface area contributed by atoms with E-state index in [1.54, 1.807) is 0 Å². The van der Waals surface area contributed by atoms with Crippen molar-refractivity contribution in [1.82, 2.24) is 0 Å². The van der Waals surface area contributed by atoms with Gasteiger partial charge in [0, 0.05) is 13.0 Å². The largest absolute Gasteiger partial charge is 0.457 e. The van der Waals surface area contributed by atoms with Gasteiger partial charge in [0.2, 0.25) is 0 Å². The number of hydrogen-bond acceptors (Lipinski definition) is 9. The van der Waals surface area contributed by atoms with Crippen molar-refractivity contribution in [2.24, 2.45) is 0 Å². The Bertz CT molecular complexity index is 1080. The van der Waals surface area contributed by atoms with Crippen LogP contribution in [0.25, 0.3) is 0 Å². The number of unbranched alkanes of at least 4 members (excludes halogenated alkanes) is 13. The summed E-state index contributed by atoms with van der Waals surface area (Å²) in [5, 5.41) is 40.1. The van der Waals surface area contributed by atoms with Gasteiger partial charge >= 0.3 is 5.97 Å². The number of ether oxygens (including phenoxy) is 4. The molecule has 322 valence electrons. The summed E-state index contributed by atoms with van der Waals surface area (Å²) in [5.74, 6) is -0.341. The van der Waals surface area contributed by atoms with Crippen LogP contribution in [0.15, 0.2) is 72.9 Å². The van der Waals surface area contributed by atoms with Crippen molar-refractivity contribution >= 4 is 5.97 Å². The van der Waals surface area contributed by atoms with Gasteiger partial charge in [-0.15, -0.1) is 0 Å². The second kappa shape index (κ2) is 38.2. The minimum Gasteiger partial charge on any atom is -0.457 e. The topological polar surface area (TPSA) is 135 Å². The zero-order valence-electron chi connectivity index (χ0n) is 35.1. The highest BCUT2D eigenvalue weighted by molar-refractivity contribution is 5.69. The maximum absolute atomic E-state index is 12.8. The van der Waals surface area contributed by atoms with E-state index in [1.807, 2.05) is 0 Å². The maximum Gasteiger partial charge on any atom is 0.306 e. The van der Waals surface area contributed by atoms with Gasteiger partial charge in [-0.3, -0.25) is 4.79 Å². The third-order valence-corrected chi connectivity index (χ3v) is 9.61. The molecule has 4 N–H and O–H groups in total. The molecule has 0 aromatic heterocycles. The number of allylic oxidation sites excluding steroid dienone is 12. The Morgan fingerprint density at radius 1 is 0.589 bits per heavy atom. The molecule has 0 spiro atoms. The molecule has 6 atom stereocenters. The smallest absolute Gasteiger partial charge is 0.306 e. The molecule has 0 aromatic carbocycles. The molecule has 1 fully saturated rings. The monoisotopic (exact) mass is 789 g/mol. The standard InChI is InChI=1S/C47H80O9/c1-3-5-7-9-11-13-15-17-19-20-21-23-25-27-29-31-33-35-37-53-39-41(40-54-47-46(52)45(51)44(50)42(38-48)56-47)55-43(49)36-34-32-30-28-26-24-22-18-16-14-12-10-8-6-4-2/h5,7,11,13,17-19,21-23,27,29,41-42,44-48,50-52H,3-4,6,8-10,12,14-16,20,24-26,28,30-40H2,1-2H3/b7-5-,13-11-,19-17-,22-18-,23-21-,29-27-. The number of aliphatic hydroxyl groups is 4. The minimum atomic E-state index is -1.55. The predicted molar refractivity (Wildman–Crippen MR) is 228 cm³/mol. The van der Waals surface area contributed by atoms with E-state index in [1.165, 1.54) is 44.9 Å². The first-order valence-corrected chi connectivity index (χ1v) is 22.0. The van der Waals surface area contributed by atoms with Crippen molar-refractivity contribution in [3.8, 4) is 0 Å². The average Bonchev–Trinajstić information content (AvgIpc) is 3.20. The Hall–Kier alpha value is -2.37. The average molecular weight is 789 g/mol. The van der Waals surface area contributed by atoms with Gasteiger partial charge in [0.25, 0.3) is 0 Å². The Morgan fingerprint density at radius 2 is 1.09 bits per heavy atom. The van der Waals surface area contributed by atoms with Crippen LogP contribution in [-0.2, 0) is 23.7 Å². The lowest BCUT2D eigenvalue weighted by molar-refractivity contribution is -0.305. The van der Waals surface area contributed by atoms with E-state index in [0.29, 0.717) is 13.0 Å². The molecule has 1 saturated heterocycles. The molecule has 1 aliphatic heterocycles. The van der Waals surface area contributed by atoms with Gasteiger partial charge in [-0.25, -0.2) is 0 Å². The Kier molecular flexibility index (Phi) is 35.2. The molecule has 6 unspecified atom stereocenters. The van der Waals surface area contributed by atoms with Crippen LogP contribution < -0.4 is 0 Å². The van der Waals surface area contributed by atoms with E-state index in [0.717, 1.165) is 89.9 Å². The van der Waals surface area contributed by atoms with Gasteiger partial charge in [0.1, 0.15) is 30.5 Å². The highest BCUT2D eigenvalue weighted by Gasteiger charge is 2.44. The first kappa shape index (κ1) is 51.6. The zero-order chi connectivity index (χ0) is 40.7. The number of rotatable bonds is 36. The van der Waals surface area contributed by atoms with Gasteiger partial charge < -0.3 is 39.4 Å². The van der Waals surface area contributed by atoms with E-state index >= 15 is 0 Å². The molecule has 1 aliphatic rings. The fraction of sp³-hybridized carbons (Fsp3) is 0.723. The number of carbonyl (C=O) groups is 1. The molecular weight excluding hydrogens is 709 g/mol. The van der Waals surface area contributed by atoms with E-state index in [9.17, 15) is 25.2 Å². The fourth-order valence-electron chi connectivity index (χ4n) is 6.16. The van der Waals surface area contributed by atoms with Crippen LogP contribution in [0, 0.1) is 0 Å². The summed E-state index contributed by atoms with van der Waals surface area (Å²) in [5.41, 5.74) is 0. The van der Waals surface area contributed by atoms with Gasteiger partial charge in [-0.1, -0.05) is 138 Å². The SMILES string of the molecule is CC/C=C\C/C=C\C/C=C\C/C=C\C/C=C\CCCCOCC(COC1OC(CO)C(O)C(O)C1O)OC(=O)CCCCCCC/C=C\CCCCCCCC. The summed E-state index contributed by atoms with van der Waals surface area (Å²) in [6.07, 6.45) is 42.1. The van der Waals surface area contributed by atoms with Crippen molar-refractivity contribution < 1.29 is 44.2 Å². The van der Waals surface area contributed by atoms with Crippen LogP contribution in [0.3, 0.4) is 0 Å². The van der Waals surface area contributed by atoms with Crippen molar-refractivity contribution in [2.75, 3.05) is 26.4 Å². The molecule has 56 heavy (non-hydrogen) atoms. The summed E-state index contributed by atoms with van der Waals surface area (Å²) in [6, 6.07) is 0. The van der Waals surface area contributed by atoms with Crippen molar-refractivity contribution in [3.05, 3.63) is 72.9 Å². The molecule has 1 heterocycles. The van der Waals surface area contributed by atoms with Gasteiger partial charge in [-0.05, 0) is 83.5 Å². The van der Waals surface area contributed by atoms with Crippen molar-refractivity contribution in [2.45, 2.75) is 192 Å². The van der Waals surface area contributed by atoms with Crippen LogP contribution in [-0.4, -0.2) is 89.6 Å². The van der Waals surface area contributed by atoms with Crippen LogP contribution in [0.1, 0.15) is 155 Å².